The first-order valence-electron chi connectivity index (χ1n) is 11.4. The molecule has 0 radical (unpaired) electrons. The van der Waals surface area contributed by atoms with E-state index in [9.17, 15) is 9.59 Å². The van der Waals surface area contributed by atoms with Gasteiger partial charge in [-0.05, 0) is 80.1 Å². The van der Waals surface area contributed by atoms with E-state index in [4.69, 9.17) is 9.47 Å². The molecule has 0 aromatic heterocycles. The van der Waals surface area contributed by atoms with Crippen LogP contribution in [-0.4, -0.2) is 24.6 Å². The largest absolute Gasteiger partial charge is 0.508 e. The second-order valence-electron chi connectivity index (χ2n) is 10.2. The average molecular weight is 389 g/mol. The van der Waals surface area contributed by atoms with Gasteiger partial charge in [0.25, 0.3) is 0 Å². The minimum Gasteiger partial charge on any atom is -0.434 e. The molecule has 156 valence electrons. The molecule has 4 heteroatoms. The van der Waals surface area contributed by atoms with Crippen LogP contribution < -0.4 is 0 Å². The molecule has 0 saturated heterocycles. The Morgan fingerprint density at radius 1 is 1.14 bits per heavy atom. The van der Waals surface area contributed by atoms with Crippen LogP contribution >= 0.6 is 0 Å². The number of ether oxygens (including phenoxy) is 2. The van der Waals surface area contributed by atoms with Crippen molar-refractivity contribution >= 4 is 11.9 Å². The third kappa shape index (κ3) is 3.21. The third-order valence-electron chi connectivity index (χ3n) is 8.91. The smallest absolute Gasteiger partial charge is 0.434 e. The summed E-state index contributed by atoms with van der Waals surface area (Å²) in [5.41, 5.74) is 0.235. The van der Waals surface area contributed by atoms with E-state index in [1.54, 1.807) is 0 Å². The zero-order valence-corrected chi connectivity index (χ0v) is 17.7. The number of hydrogen-bond donors (Lipinski definition) is 0. The molecule has 0 aromatic rings. The Morgan fingerprint density at radius 2 is 1.96 bits per heavy atom. The fourth-order valence-electron chi connectivity index (χ4n) is 7.23. The summed E-state index contributed by atoms with van der Waals surface area (Å²) in [5, 5.41) is 0. The maximum Gasteiger partial charge on any atom is 0.508 e. The topological polar surface area (TPSA) is 52.6 Å². The number of allylic oxidation sites excluding steroid dienone is 2. The highest BCUT2D eigenvalue weighted by Crippen LogP contribution is 2.65. The zero-order chi connectivity index (χ0) is 19.9. The van der Waals surface area contributed by atoms with Crippen LogP contribution in [0.2, 0.25) is 0 Å². The number of fused-ring (bicyclic) bond motifs is 5. The van der Waals surface area contributed by atoms with Crippen LogP contribution in [0, 0.1) is 34.5 Å². The molecule has 4 aliphatic rings. The van der Waals surface area contributed by atoms with Crippen molar-refractivity contribution in [2.24, 2.45) is 34.5 Å². The summed E-state index contributed by atoms with van der Waals surface area (Å²) in [7, 11) is 0. The number of carbonyl (C=O) groups is 2. The molecule has 7 atom stereocenters. The first kappa shape index (κ1) is 20.0. The molecule has 28 heavy (non-hydrogen) atoms. The Hall–Kier alpha value is -1.32. The van der Waals surface area contributed by atoms with Crippen molar-refractivity contribution in [3.05, 3.63) is 12.2 Å². The van der Waals surface area contributed by atoms with Crippen LogP contribution in [0.3, 0.4) is 0 Å². The zero-order valence-electron chi connectivity index (χ0n) is 17.7. The molecule has 3 fully saturated rings. The number of unbranched alkanes of at least 4 members (excludes halogenated alkanes) is 1. The second-order valence-corrected chi connectivity index (χ2v) is 10.2. The standard InChI is InChI=1S/C24H36O4/c1-4-5-14-27-22(26)28-21-9-8-19-18-7-6-16-15-17(25)10-12-23(16,2)20(18)11-13-24(19,21)3/h10,12,16,18-21H,4-9,11,13-15H2,1-3H3/t16-,18-,19-,20-,21-,23-,24-/m0/s1. The lowest BCUT2D eigenvalue weighted by molar-refractivity contribution is -0.124. The molecule has 0 heterocycles. The van der Waals surface area contributed by atoms with Crippen molar-refractivity contribution in [2.45, 2.75) is 84.7 Å². The molecule has 0 aromatic carbocycles. The Morgan fingerprint density at radius 3 is 2.75 bits per heavy atom. The van der Waals surface area contributed by atoms with Crippen LogP contribution in [-0.2, 0) is 14.3 Å². The summed E-state index contributed by atoms with van der Waals surface area (Å²) in [6, 6.07) is 0. The van der Waals surface area contributed by atoms with Gasteiger partial charge in [0.05, 0.1) is 6.61 Å². The SMILES string of the molecule is CCCCOC(=O)O[C@H]1CC[C@H]2[C@@H]3CC[C@H]4CC(=O)C=C[C@]4(C)[C@H]3CC[C@]12C. The van der Waals surface area contributed by atoms with Crippen LogP contribution in [0.15, 0.2) is 12.2 Å². The summed E-state index contributed by atoms with van der Waals surface area (Å²) < 4.78 is 11.1. The van der Waals surface area contributed by atoms with Crippen LogP contribution in [0.1, 0.15) is 78.6 Å². The first-order chi connectivity index (χ1) is 13.4. The Bertz CT molecular complexity index is 655. The van der Waals surface area contributed by atoms with Gasteiger partial charge in [0.15, 0.2) is 5.78 Å². The third-order valence-corrected chi connectivity index (χ3v) is 8.91. The average Bonchev–Trinajstić information content (AvgIpc) is 2.99. The molecule has 4 nitrogen and oxygen atoms in total. The van der Waals surface area contributed by atoms with Gasteiger partial charge in [-0.3, -0.25) is 4.79 Å². The minimum atomic E-state index is -0.480. The summed E-state index contributed by atoms with van der Waals surface area (Å²) in [6.07, 6.45) is 13.0. The molecule has 3 saturated carbocycles. The van der Waals surface area contributed by atoms with Gasteiger partial charge in [-0.25, -0.2) is 4.79 Å². The molecule has 0 N–H and O–H groups in total. The predicted octanol–water partition coefficient (Wildman–Crippen LogP) is 5.70. The van der Waals surface area contributed by atoms with Gasteiger partial charge >= 0.3 is 6.16 Å². The summed E-state index contributed by atoms with van der Waals surface area (Å²) in [5.74, 6) is 2.77. The highest BCUT2D eigenvalue weighted by atomic mass is 16.7. The van der Waals surface area contributed by atoms with E-state index in [0.29, 0.717) is 36.1 Å². The monoisotopic (exact) mass is 388 g/mol. The highest BCUT2D eigenvalue weighted by molar-refractivity contribution is 5.91. The van der Waals surface area contributed by atoms with E-state index in [2.05, 4.69) is 26.8 Å². The molecule has 0 bridgehead atoms. The van der Waals surface area contributed by atoms with Crippen LogP contribution in [0.5, 0.6) is 0 Å². The van der Waals surface area contributed by atoms with Crippen molar-refractivity contribution in [1.29, 1.82) is 0 Å². The Labute approximate surface area is 169 Å². The van der Waals surface area contributed by atoms with Gasteiger partial charge in [-0.2, -0.15) is 0 Å². The summed E-state index contributed by atoms with van der Waals surface area (Å²) >= 11 is 0. The van der Waals surface area contributed by atoms with E-state index >= 15 is 0 Å². The fourth-order valence-corrected chi connectivity index (χ4v) is 7.23. The minimum absolute atomic E-state index is 0.0124. The van der Waals surface area contributed by atoms with E-state index in [0.717, 1.165) is 44.9 Å². The summed E-state index contributed by atoms with van der Waals surface area (Å²) in [4.78, 5) is 24.1. The molecular formula is C24H36O4. The lowest BCUT2D eigenvalue weighted by Gasteiger charge is -2.58. The summed E-state index contributed by atoms with van der Waals surface area (Å²) in [6.45, 7) is 7.29. The quantitative estimate of drug-likeness (QED) is 0.458. The van der Waals surface area contributed by atoms with Gasteiger partial charge in [0, 0.05) is 11.8 Å². The molecule has 0 amide bonds. The fraction of sp³-hybridized carbons (Fsp3) is 0.833. The molecule has 0 aliphatic heterocycles. The number of ketones is 1. The molecule has 4 rings (SSSR count). The van der Waals surface area contributed by atoms with Gasteiger partial charge in [0.1, 0.15) is 6.10 Å². The maximum atomic E-state index is 12.2. The second kappa shape index (κ2) is 7.50. The molecule has 0 spiro atoms. The van der Waals surface area contributed by atoms with Gasteiger partial charge < -0.3 is 9.47 Å². The van der Waals surface area contributed by atoms with E-state index < -0.39 is 6.16 Å². The maximum absolute atomic E-state index is 12.2. The Balaban J connectivity index is 1.47. The normalized spacial score (nSPS) is 44.4. The van der Waals surface area contributed by atoms with Crippen molar-refractivity contribution < 1.29 is 19.1 Å². The van der Waals surface area contributed by atoms with Crippen molar-refractivity contribution in [2.75, 3.05) is 6.61 Å². The van der Waals surface area contributed by atoms with Crippen molar-refractivity contribution in [3.8, 4) is 0 Å². The van der Waals surface area contributed by atoms with E-state index in [-0.39, 0.29) is 16.9 Å². The van der Waals surface area contributed by atoms with Gasteiger partial charge in [0.2, 0.25) is 0 Å². The number of rotatable bonds is 4. The first-order valence-corrected chi connectivity index (χ1v) is 11.4. The number of carbonyl (C=O) groups excluding carboxylic acids is 2. The van der Waals surface area contributed by atoms with Gasteiger partial charge in [-0.1, -0.05) is 33.3 Å². The van der Waals surface area contributed by atoms with Gasteiger partial charge in [-0.15, -0.1) is 0 Å². The molecule has 0 unspecified atom stereocenters. The number of hydrogen-bond acceptors (Lipinski definition) is 4. The molecular weight excluding hydrogens is 352 g/mol. The van der Waals surface area contributed by atoms with Crippen molar-refractivity contribution in [3.63, 3.8) is 0 Å². The molecule has 4 aliphatic carbocycles. The van der Waals surface area contributed by atoms with Crippen molar-refractivity contribution in [1.82, 2.24) is 0 Å². The Kier molecular flexibility index (Phi) is 5.35. The van der Waals surface area contributed by atoms with E-state index in [1.165, 1.54) is 12.8 Å². The predicted molar refractivity (Wildman–Crippen MR) is 108 cm³/mol. The lowest BCUT2D eigenvalue weighted by atomic mass is 9.46. The van der Waals surface area contributed by atoms with Crippen LogP contribution in [0.4, 0.5) is 4.79 Å². The lowest BCUT2D eigenvalue weighted by Crippen LogP contribution is -2.53. The van der Waals surface area contributed by atoms with E-state index in [1.807, 2.05) is 6.08 Å². The highest BCUT2D eigenvalue weighted by Gasteiger charge is 2.60. The van der Waals surface area contributed by atoms with Crippen LogP contribution in [0.25, 0.3) is 0 Å².